The van der Waals surface area contributed by atoms with Crippen molar-refractivity contribution < 1.29 is 4.79 Å². The number of carbonyl (C=O) groups is 1. The summed E-state index contributed by atoms with van der Waals surface area (Å²) in [6.07, 6.45) is 11.9. The molecule has 1 unspecified atom stereocenters. The Labute approximate surface area is 101 Å². The summed E-state index contributed by atoms with van der Waals surface area (Å²) in [6.45, 7) is 8.08. The topological polar surface area (TPSA) is 17.1 Å². The Morgan fingerprint density at radius 1 is 1.25 bits per heavy atom. The molecule has 0 fully saturated rings. The van der Waals surface area contributed by atoms with Crippen LogP contribution in [0.5, 0.6) is 0 Å². The minimum absolute atomic E-state index is 0.307. The lowest BCUT2D eigenvalue weighted by molar-refractivity contribution is -0.117. The summed E-state index contributed by atoms with van der Waals surface area (Å²) in [5, 5.41) is 0. The molecule has 92 valence electrons. The number of rotatable bonds is 8. The lowest BCUT2D eigenvalue weighted by Crippen LogP contribution is -2.00. The molecule has 0 aromatic heterocycles. The summed E-state index contributed by atoms with van der Waals surface area (Å²) >= 11 is 0. The van der Waals surface area contributed by atoms with E-state index in [9.17, 15) is 4.79 Å². The average molecular weight is 222 g/mol. The smallest absolute Gasteiger partial charge is 0.130 e. The maximum atomic E-state index is 10.9. The first-order valence-corrected chi connectivity index (χ1v) is 6.32. The van der Waals surface area contributed by atoms with Crippen LogP contribution in [0.4, 0.5) is 0 Å². The van der Waals surface area contributed by atoms with E-state index in [0.717, 1.165) is 32.1 Å². The van der Waals surface area contributed by atoms with E-state index in [1.807, 2.05) is 0 Å². The molecule has 0 rings (SSSR count). The number of allylic oxidation sites excluding steroid dienone is 4. The van der Waals surface area contributed by atoms with Crippen molar-refractivity contribution in [1.29, 1.82) is 0 Å². The van der Waals surface area contributed by atoms with E-state index in [1.165, 1.54) is 5.57 Å². The van der Waals surface area contributed by atoms with Crippen molar-refractivity contribution in [1.82, 2.24) is 0 Å². The molecule has 1 heteroatoms. The third-order valence-electron chi connectivity index (χ3n) is 2.73. The van der Waals surface area contributed by atoms with Gasteiger partial charge in [0.15, 0.2) is 0 Å². The highest BCUT2D eigenvalue weighted by molar-refractivity contribution is 5.75. The Bertz CT molecular complexity index is 248. The van der Waals surface area contributed by atoms with Gasteiger partial charge in [-0.05, 0) is 52.4 Å². The molecule has 0 saturated carbocycles. The average Bonchev–Trinajstić information content (AvgIpc) is 2.17. The molecule has 0 radical (unpaired) electrons. The molecule has 0 amide bonds. The first-order chi connectivity index (χ1) is 7.56. The molecule has 0 bridgehead atoms. The summed E-state index contributed by atoms with van der Waals surface area (Å²) < 4.78 is 0. The van der Waals surface area contributed by atoms with Gasteiger partial charge in [0, 0.05) is 6.42 Å². The Morgan fingerprint density at radius 2 is 1.94 bits per heavy atom. The highest BCUT2D eigenvalue weighted by Crippen LogP contribution is 2.13. The third kappa shape index (κ3) is 9.70. The SMILES string of the molecule is CC=CCC/C(C)=C/CCC(C)CC(C)=O. The molecule has 16 heavy (non-hydrogen) atoms. The van der Waals surface area contributed by atoms with E-state index in [2.05, 4.69) is 39.0 Å². The molecule has 0 saturated heterocycles. The van der Waals surface area contributed by atoms with Crippen LogP contribution in [0.2, 0.25) is 0 Å². The van der Waals surface area contributed by atoms with Crippen LogP contribution in [-0.4, -0.2) is 5.78 Å². The maximum Gasteiger partial charge on any atom is 0.130 e. The minimum atomic E-state index is 0.307. The predicted octanol–water partition coefficient (Wildman–Crippen LogP) is 4.68. The molecule has 0 aromatic carbocycles. The normalized spacial score (nSPS) is 14.4. The van der Waals surface area contributed by atoms with E-state index in [1.54, 1.807) is 6.92 Å². The maximum absolute atomic E-state index is 10.9. The summed E-state index contributed by atoms with van der Waals surface area (Å²) in [4.78, 5) is 10.9. The van der Waals surface area contributed by atoms with Crippen molar-refractivity contribution in [2.75, 3.05) is 0 Å². The Hall–Kier alpha value is -0.850. The number of ketones is 1. The Morgan fingerprint density at radius 3 is 2.50 bits per heavy atom. The molecule has 0 aromatic rings. The van der Waals surface area contributed by atoms with Crippen molar-refractivity contribution in [3.05, 3.63) is 23.8 Å². The first kappa shape index (κ1) is 15.2. The largest absolute Gasteiger partial charge is 0.300 e. The molecular weight excluding hydrogens is 196 g/mol. The highest BCUT2D eigenvalue weighted by atomic mass is 16.1. The monoisotopic (exact) mass is 222 g/mol. The highest BCUT2D eigenvalue weighted by Gasteiger charge is 2.03. The van der Waals surface area contributed by atoms with Crippen molar-refractivity contribution in [2.45, 2.75) is 59.8 Å². The van der Waals surface area contributed by atoms with Crippen LogP contribution in [0.3, 0.4) is 0 Å². The van der Waals surface area contributed by atoms with Crippen molar-refractivity contribution in [3.8, 4) is 0 Å². The van der Waals surface area contributed by atoms with Gasteiger partial charge in [-0.15, -0.1) is 0 Å². The van der Waals surface area contributed by atoms with Crippen LogP contribution >= 0.6 is 0 Å². The Balaban J connectivity index is 3.68. The van der Waals surface area contributed by atoms with E-state index < -0.39 is 0 Å². The zero-order valence-electron chi connectivity index (χ0n) is 11.3. The summed E-state index contributed by atoms with van der Waals surface area (Å²) in [6, 6.07) is 0. The molecular formula is C15H26O. The van der Waals surface area contributed by atoms with Crippen LogP contribution in [0.25, 0.3) is 0 Å². The molecule has 0 aliphatic heterocycles. The van der Waals surface area contributed by atoms with Gasteiger partial charge in [-0.2, -0.15) is 0 Å². The van der Waals surface area contributed by atoms with E-state index in [-0.39, 0.29) is 0 Å². The summed E-state index contributed by atoms with van der Waals surface area (Å²) in [5.74, 6) is 0.832. The second-order valence-electron chi connectivity index (χ2n) is 4.75. The lowest BCUT2D eigenvalue weighted by atomic mass is 9.98. The van der Waals surface area contributed by atoms with Gasteiger partial charge < -0.3 is 4.79 Å². The van der Waals surface area contributed by atoms with Crippen molar-refractivity contribution in [2.24, 2.45) is 5.92 Å². The van der Waals surface area contributed by atoms with Gasteiger partial charge in [-0.3, -0.25) is 0 Å². The third-order valence-corrected chi connectivity index (χ3v) is 2.73. The van der Waals surface area contributed by atoms with Gasteiger partial charge in [0.25, 0.3) is 0 Å². The van der Waals surface area contributed by atoms with Gasteiger partial charge in [0.05, 0.1) is 0 Å². The zero-order chi connectivity index (χ0) is 12.4. The standard InChI is InChI=1S/C15H26O/c1-5-6-7-9-13(2)10-8-11-14(3)12-15(4)16/h5-6,10,14H,7-9,11-12H2,1-4H3/b6-5?,13-10+. The van der Waals surface area contributed by atoms with Crippen LogP contribution in [0.1, 0.15) is 59.8 Å². The quantitative estimate of drug-likeness (QED) is 0.545. The Kier molecular flexibility index (Phi) is 8.88. The predicted molar refractivity (Wildman–Crippen MR) is 71.5 cm³/mol. The van der Waals surface area contributed by atoms with Crippen molar-refractivity contribution >= 4 is 5.78 Å². The fraction of sp³-hybridized carbons (Fsp3) is 0.667. The summed E-state index contributed by atoms with van der Waals surface area (Å²) in [5.41, 5.74) is 1.47. The van der Waals surface area contributed by atoms with Gasteiger partial charge >= 0.3 is 0 Å². The molecule has 1 atom stereocenters. The number of carbonyl (C=O) groups excluding carboxylic acids is 1. The lowest BCUT2D eigenvalue weighted by Gasteiger charge is -2.07. The van der Waals surface area contributed by atoms with Gasteiger partial charge in [0.1, 0.15) is 5.78 Å². The minimum Gasteiger partial charge on any atom is -0.300 e. The van der Waals surface area contributed by atoms with E-state index >= 15 is 0 Å². The number of Topliss-reactive ketones (excluding diaryl/α,β-unsaturated/α-hetero) is 1. The molecule has 0 aliphatic carbocycles. The summed E-state index contributed by atoms with van der Waals surface area (Å²) in [7, 11) is 0. The van der Waals surface area contributed by atoms with E-state index in [4.69, 9.17) is 0 Å². The molecule has 0 heterocycles. The zero-order valence-corrected chi connectivity index (χ0v) is 11.3. The van der Waals surface area contributed by atoms with Gasteiger partial charge in [-0.1, -0.05) is 30.7 Å². The molecule has 0 aliphatic rings. The van der Waals surface area contributed by atoms with Crippen LogP contribution in [-0.2, 0) is 4.79 Å². The molecule has 0 spiro atoms. The molecule has 0 N–H and O–H groups in total. The first-order valence-electron chi connectivity index (χ1n) is 6.32. The van der Waals surface area contributed by atoms with Crippen LogP contribution in [0.15, 0.2) is 23.8 Å². The number of hydrogen-bond acceptors (Lipinski definition) is 1. The van der Waals surface area contributed by atoms with Crippen LogP contribution < -0.4 is 0 Å². The second-order valence-corrected chi connectivity index (χ2v) is 4.75. The number of hydrogen-bond donors (Lipinski definition) is 0. The van der Waals surface area contributed by atoms with Crippen molar-refractivity contribution in [3.63, 3.8) is 0 Å². The fourth-order valence-electron chi connectivity index (χ4n) is 1.79. The fourth-order valence-corrected chi connectivity index (χ4v) is 1.79. The molecule has 1 nitrogen and oxygen atoms in total. The van der Waals surface area contributed by atoms with Gasteiger partial charge in [-0.25, -0.2) is 0 Å². The van der Waals surface area contributed by atoms with Gasteiger partial charge in [0.2, 0.25) is 0 Å². The van der Waals surface area contributed by atoms with E-state index in [0.29, 0.717) is 11.7 Å². The van der Waals surface area contributed by atoms with Crippen LogP contribution in [0, 0.1) is 5.92 Å². The second kappa shape index (κ2) is 9.38.